The molecule has 2 amide bonds. The zero-order valence-electron chi connectivity index (χ0n) is 16.4. The van der Waals surface area contributed by atoms with Gasteiger partial charge in [0.05, 0.1) is 36.8 Å². The predicted molar refractivity (Wildman–Crippen MR) is 112 cm³/mol. The molecule has 1 atom stereocenters. The summed E-state index contributed by atoms with van der Waals surface area (Å²) < 4.78 is 0. The van der Waals surface area contributed by atoms with Crippen molar-refractivity contribution in [3.8, 4) is 0 Å². The lowest BCUT2D eigenvalue weighted by atomic mass is 10.1. The summed E-state index contributed by atoms with van der Waals surface area (Å²) in [7, 11) is 0. The summed E-state index contributed by atoms with van der Waals surface area (Å²) in [6.45, 7) is 6.75. The predicted octanol–water partition coefficient (Wildman–Crippen LogP) is 2.27. The monoisotopic (exact) mass is 400 g/mol. The number of carbonyl (C=O) groups is 2. The van der Waals surface area contributed by atoms with Crippen LogP contribution in [0.1, 0.15) is 29.8 Å². The van der Waals surface area contributed by atoms with Gasteiger partial charge in [-0.15, -0.1) is 0 Å². The summed E-state index contributed by atoms with van der Waals surface area (Å²) in [5.41, 5.74) is 2.60. The first kappa shape index (κ1) is 20.4. The van der Waals surface area contributed by atoms with Crippen LogP contribution in [0.5, 0.6) is 0 Å². The minimum atomic E-state index is -0.177. The third-order valence-corrected chi connectivity index (χ3v) is 5.76. The number of aryl methyl sites for hydroxylation is 1. The Morgan fingerprint density at radius 3 is 2.36 bits per heavy atom. The van der Waals surface area contributed by atoms with Gasteiger partial charge in [-0.1, -0.05) is 42.8 Å². The van der Waals surface area contributed by atoms with E-state index in [1.807, 2.05) is 48.2 Å². The molecule has 1 heterocycles. The standard InChI is InChI=1S/C22H26ClN3O2/c1-3-17-8-10-18(11-9-17)24-21(27)16(2)25-12-14-26(15-13-25)22(28)19-6-4-5-7-20(19)23/h4-11,16H,3,12-15H2,1-2H3,(H,24,27)/p+1/t16-/m0/s1. The Hall–Kier alpha value is -2.37. The highest BCUT2D eigenvalue weighted by atomic mass is 35.5. The zero-order valence-corrected chi connectivity index (χ0v) is 17.1. The molecule has 1 aliphatic rings. The minimum absolute atomic E-state index is 0.00475. The first-order valence-corrected chi connectivity index (χ1v) is 10.2. The number of amides is 2. The summed E-state index contributed by atoms with van der Waals surface area (Å²) in [5.74, 6) is -0.0390. The number of anilines is 1. The maximum Gasteiger partial charge on any atom is 0.282 e. The average Bonchev–Trinajstić information content (AvgIpc) is 2.73. The molecule has 2 N–H and O–H groups in total. The van der Waals surface area contributed by atoms with E-state index in [9.17, 15) is 9.59 Å². The summed E-state index contributed by atoms with van der Waals surface area (Å²) in [5, 5.41) is 3.48. The number of hydrogen-bond acceptors (Lipinski definition) is 2. The lowest BCUT2D eigenvalue weighted by Gasteiger charge is -2.35. The third-order valence-electron chi connectivity index (χ3n) is 5.43. The number of benzene rings is 2. The highest BCUT2D eigenvalue weighted by Gasteiger charge is 2.31. The van der Waals surface area contributed by atoms with Crippen LogP contribution in [0.4, 0.5) is 5.69 Å². The van der Waals surface area contributed by atoms with Crippen LogP contribution < -0.4 is 10.2 Å². The van der Waals surface area contributed by atoms with Crippen LogP contribution in [0.3, 0.4) is 0 Å². The molecule has 5 nitrogen and oxygen atoms in total. The van der Waals surface area contributed by atoms with Gasteiger partial charge >= 0.3 is 0 Å². The normalized spacial score (nSPS) is 15.9. The van der Waals surface area contributed by atoms with E-state index in [-0.39, 0.29) is 17.9 Å². The van der Waals surface area contributed by atoms with Crippen molar-refractivity contribution in [3.63, 3.8) is 0 Å². The molecule has 148 valence electrons. The Labute approximate surface area is 171 Å². The number of quaternary nitrogens is 1. The Kier molecular flexibility index (Phi) is 6.70. The van der Waals surface area contributed by atoms with Crippen molar-refractivity contribution in [3.05, 3.63) is 64.7 Å². The molecule has 0 aromatic heterocycles. The fraction of sp³-hybridized carbons (Fsp3) is 0.364. The van der Waals surface area contributed by atoms with Gasteiger partial charge in [0.25, 0.3) is 11.8 Å². The number of hydrogen-bond donors (Lipinski definition) is 2. The highest BCUT2D eigenvalue weighted by molar-refractivity contribution is 6.33. The van der Waals surface area contributed by atoms with E-state index >= 15 is 0 Å². The maximum atomic E-state index is 12.7. The first-order valence-electron chi connectivity index (χ1n) is 9.77. The van der Waals surface area contributed by atoms with Crippen molar-refractivity contribution in [2.75, 3.05) is 31.5 Å². The molecule has 28 heavy (non-hydrogen) atoms. The van der Waals surface area contributed by atoms with Gasteiger partial charge in [0, 0.05) is 5.69 Å². The molecular weight excluding hydrogens is 374 g/mol. The van der Waals surface area contributed by atoms with E-state index in [1.54, 1.807) is 12.1 Å². The topological polar surface area (TPSA) is 53.9 Å². The fourth-order valence-corrected chi connectivity index (χ4v) is 3.71. The van der Waals surface area contributed by atoms with Gasteiger partial charge in [0.2, 0.25) is 0 Å². The molecule has 1 aliphatic heterocycles. The number of nitrogens with one attached hydrogen (secondary N) is 2. The minimum Gasteiger partial charge on any atom is -0.327 e. The van der Waals surface area contributed by atoms with Gasteiger partial charge in [-0.25, -0.2) is 0 Å². The van der Waals surface area contributed by atoms with E-state index in [0.717, 1.165) is 25.2 Å². The summed E-state index contributed by atoms with van der Waals surface area (Å²) in [6, 6.07) is 14.9. The zero-order chi connectivity index (χ0) is 20.1. The fourth-order valence-electron chi connectivity index (χ4n) is 3.49. The SMILES string of the molecule is CCc1ccc(NC(=O)[C@H](C)[NH+]2CCN(C(=O)c3ccccc3Cl)CC2)cc1. The molecule has 0 unspecified atom stereocenters. The van der Waals surface area contributed by atoms with Gasteiger partial charge in [0.15, 0.2) is 6.04 Å². The van der Waals surface area contributed by atoms with Crippen molar-refractivity contribution in [2.24, 2.45) is 0 Å². The highest BCUT2D eigenvalue weighted by Crippen LogP contribution is 2.17. The van der Waals surface area contributed by atoms with Crippen molar-refractivity contribution in [2.45, 2.75) is 26.3 Å². The summed E-state index contributed by atoms with van der Waals surface area (Å²) in [6.07, 6.45) is 0.978. The Morgan fingerprint density at radius 1 is 1.11 bits per heavy atom. The van der Waals surface area contributed by atoms with Gasteiger partial charge in [-0.05, 0) is 43.2 Å². The Bertz CT molecular complexity index is 830. The molecule has 6 heteroatoms. The van der Waals surface area contributed by atoms with Crippen molar-refractivity contribution < 1.29 is 14.5 Å². The van der Waals surface area contributed by atoms with E-state index in [4.69, 9.17) is 11.6 Å². The summed E-state index contributed by atoms with van der Waals surface area (Å²) in [4.78, 5) is 28.3. The van der Waals surface area contributed by atoms with Crippen molar-refractivity contribution in [1.29, 1.82) is 0 Å². The molecule has 2 aromatic rings. The second kappa shape index (κ2) is 9.22. The molecule has 2 aromatic carbocycles. The van der Waals surface area contributed by atoms with E-state index in [2.05, 4.69) is 12.2 Å². The van der Waals surface area contributed by atoms with E-state index in [1.165, 1.54) is 10.5 Å². The van der Waals surface area contributed by atoms with E-state index in [0.29, 0.717) is 23.7 Å². The molecule has 0 radical (unpaired) electrons. The average molecular weight is 401 g/mol. The van der Waals surface area contributed by atoms with Gasteiger partial charge in [-0.2, -0.15) is 0 Å². The molecule has 0 aliphatic carbocycles. The van der Waals surface area contributed by atoms with Gasteiger partial charge in [-0.3, -0.25) is 9.59 Å². The third kappa shape index (κ3) is 4.72. The van der Waals surface area contributed by atoms with Crippen LogP contribution in [-0.4, -0.2) is 48.9 Å². The van der Waals surface area contributed by atoms with Crippen LogP contribution in [-0.2, 0) is 11.2 Å². The first-order chi connectivity index (χ1) is 13.5. The number of nitrogens with zero attached hydrogens (tertiary/aromatic N) is 1. The number of carbonyl (C=O) groups excluding carboxylic acids is 2. The van der Waals surface area contributed by atoms with Crippen LogP contribution in [0.2, 0.25) is 5.02 Å². The Balaban J connectivity index is 1.54. The van der Waals surface area contributed by atoms with Crippen LogP contribution in [0, 0.1) is 0 Å². The van der Waals surface area contributed by atoms with Crippen LogP contribution >= 0.6 is 11.6 Å². The Morgan fingerprint density at radius 2 is 1.75 bits per heavy atom. The quantitative estimate of drug-likeness (QED) is 0.809. The van der Waals surface area contributed by atoms with E-state index < -0.39 is 0 Å². The maximum absolute atomic E-state index is 12.7. The van der Waals surface area contributed by atoms with Crippen molar-refractivity contribution in [1.82, 2.24) is 4.90 Å². The molecule has 3 rings (SSSR count). The smallest absolute Gasteiger partial charge is 0.282 e. The second-order valence-corrected chi connectivity index (χ2v) is 7.60. The lowest BCUT2D eigenvalue weighted by molar-refractivity contribution is -0.917. The molecule has 1 saturated heterocycles. The largest absolute Gasteiger partial charge is 0.327 e. The molecule has 0 bridgehead atoms. The summed E-state index contributed by atoms with van der Waals surface area (Å²) >= 11 is 6.15. The lowest BCUT2D eigenvalue weighted by Crippen LogP contribution is -3.19. The van der Waals surface area contributed by atoms with Crippen LogP contribution in [0.15, 0.2) is 48.5 Å². The molecule has 0 spiro atoms. The van der Waals surface area contributed by atoms with Gasteiger partial charge in [0.1, 0.15) is 0 Å². The van der Waals surface area contributed by atoms with Crippen molar-refractivity contribution >= 4 is 29.1 Å². The molecule has 0 saturated carbocycles. The number of rotatable bonds is 5. The number of piperazine rings is 1. The second-order valence-electron chi connectivity index (χ2n) is 7.19. The number of halogens is 1. The van der Waals surface area contributed by atoms with Crippen LogP contribution in [0.25, 0.3) is 0 Å². The molecular formula is C22H27ClN3O2+. The van der Waals surface area contributed by atoms with Gasteiger partial charge < -0.3 is 15.1 Å². The molecule has 1 fully saturated rings.